The van der Waals surface area contributed by atoms with E-state index < -0.39 is 0 Å². The van der Waals surface area contributed by atoms with E-state index in [2.05, 4.69) is 31.4 Å². The molecule has 2 aliphatic rings. The van der Waals surface area contributed by atoms with Crippen molar-refractivity contribution in [3.8, 4) is 0 Å². The number of thiol groups is 1. The Hall–Kier alpha value is 0.270. The number of rotatable bonds is 3. The monoisotopic (exact) mass is 243 g/mol. The topological polar surface area (TPSA) is 12.5 Å². The van der Waals surface area contributed by atoms with Gasteiger partial charge in [-0.25, -0.2) is 0 Å². The highest BCUT2D eigenvalue weighted by Gasteiger charge is 2.36. The minimum Gasteiger partial charge on any atom is -0.373 e. The van der Waals surface area contributed by atoms with Gasteiger partial charge in [0.1, 0.15) is 0 Å². The maximum absolute atomic E-state index is 5.79. The summed E-state index contributed by atoms with van der Waals surface area (Å²) >= 11 is 4.59. The minimum absolute atomic E-state index is 0.391. The summed E-state index contributed by atoms with van der Waals surface area (Å²) in [6, 6.07) is 0. The highest BCUT2D eigenvalue weighted by atomic mass is 32.1. The normalized spacial score (nSPS) is 35.4. The summed E-state index contributed by atoms with van der Waals surface area (Å²) in [4.78, 5) is 2.60. The summed E-state index contributed by atoms with van der Waals surface area (Å²) < 4.78 is 5.79. The summed E-state index contributed by atoms with van der Waals surface area (Å²) in [5.74, 6) is 1.05. The molecule has 2 atom stereocenters. The molecule has 16 heavy (non-hydrogen) atoms. The van der Waals surface area contributed by atoms with Gasteiger partial charge in [0, 0.05) is 19.6 Å². The van der Waals surface area contributed by atoms with E-state index in [1.165, 1.54) is 32.2 Å². The fraction of sp³-hybridized carbons (Fsp3) is 1.00. The summed E-state index contributed by atoms with van der Waals surface area (Å²) in [6.07, 6.45) is 6.32. The van der Waals surface area contributed by atoms with Crippen LogP contribution in [0.2, 0.25) is 0 Å². The highest BCUT2D eigenvalue weighted by Crippen LogP contribution is 2.40. The van der Waals surface area contributed by atoms with E-state index in [9.17, 15) is 0 Å². The fourth-order valence-corrected chi connectivity index (χ4v) is 3.80. The summed E-state index contributed by atoms with van der Waals surface area (Å²) in [6.45, 7) is 7.80. The maximum Gasteiger partial charge on any atom is 0.0678 e. The molecule has 2 nitrogen and oxygen atoms in total. The van der Waals surface area contributed by atoms with Gasteiger partial charge in [-0.2, -0.15) is 12.6 Å². The first kappa shape index (κ1) is 12.7. The second-order valence-corrected chi connectivity index (χ2v) is 6.13. The van der Waals surface area contributed by atoms with Gasteiger partial charge < -0.3 is 4.74 Å². The van der Waals surface area contributed by atoms with E-state index in [4.69, 9.17) is 4.74 Å². The molecule has 0 radical (unpaired) electrons. The second kappa shape index (κ2) is 5.28. The van der Waals surface area contributed by atoms with Crippen molar-refractivity contribution in [1.29, 1.82) is 0 Å². The molecular formula is C13H25NOS. The van der Waals surface area contributed by atoms with Crippen molar-refractivity contribution in [3.63, 3.8) is 0 Å². The van der Waals surface area contributed by atoms with E-state index in [-0.39, 0.29) is 0 Å². The molecule has 2 rings (SSSR count). The van der Waals surface area contributed by atoms with Crippen molar-refractivity contribution >= 4 is 12.6 Å². The SMILES string of the molecule is CC1CN(CC2(CS)CCCC2)CC(C)O1. The molecule has 1 saturated heterocycles. The van der Waals surface area contributed by atoms with Crippen molar-refractivity contribution in [2.45, 2.75) is 51.7 Å². The quantitative estimate of drug-likeness (QED) is 0.765. The Morgan fingerprint density at radius 3 is 2.25 bits per heavy atom. The first-order valence-corrected chi connectivity index (χ1v) is 7.25. The molecule has 0 N–H and O–H groups in total. The van der Waals surface area contributed by atoms with E-state index in [0.717, 1.165) is 18.8 Å². The molecule has 3 heteroatoms. The molecule has 1 aliphatic heterocycles. The van der Waals surface area contributed by atoms with Gasteiger partial charge in [-0.1, -0.05) is 12.8 Å². The van der Waals surface area contributed by atoms with Gasteiger partial charge in [-0.05, 0) is 37.9 Å². The van der Waals surface area contributed by atoms with E-state index >= 15 is 0 Å². The van der Waals surface area contributed by atoms with Gasteiger partial charge in [-0.3, -0.25) is 4.90 Å². The number of ether oxygens (including phenoxy) is 1. The smallest absolute Gasteiger partial charge is 0.0678 e. The Bertz CT molecular complexity index is 218. The van der Waals surface area contributed by atoms with Crippen LogP contribution in [-0.2, 0) is 4.74 Å². The lowest BCUT2D eigenvalue weighted by Gasteiger charge is -2.40. The predicted molar refractivity (Wildman–Crippen MR) is 71.2 cm³/mol. The number of morpholine rings is 1. The van der Waals surface area contributed by atoms with E-state index in [1.807, 2.05) is 0 Å². The molecule has 0 bridgehead atoms. The number of hydrogen-bond donors (Lipinski definition) is 1. The van der Waals surface area contributed by atoms with E-state index in [0.29, 0.717) is 17.6 Å². The Kier molecular flexibility index (Phi) is 4.20. The lowest BCUT2D eigenvalue weighted by molar-refractivity contribution is -0.0760. The van der Waals surface area contributed by atoms with Crippen LogP contribution in [-0.4, -0.2) is 42.5 Å². The van der Waals surface area contributed by atoms with Gasteiger partial charge in [0.05, 0.1) is 12.2 Å². The summed E-state index contributed by atoms with van der Waals surface area (Å²) in [5, 5.41) is 0. The third kappa shape index (κ3) is 2.93. The molecule has 94 valence electrons. The van der Waals surface area contributed by atoms with Crippen molar-refractivity contribution in [2.75, 3.05) is 25.4 Å². The second-order valence-electron chi connectivity index (χ2n) is 5.82. The number of hydrogen-bond acceptors (Lipinski definition) is 3. The van der Waals surface area contributed by atoms with Crippen LogP contribution >= 0.6 is 12.6 Å². The minimum atomic E-state index is 0.391. The highest BCUT2D eigenvalue weighted by molar-refractivity contribution is 7.80. The van der Waals surface area contributed by atoms with Gasteiger partial charge in [0.15, 0.2) is 0 Å². The Morgan fingerprint density at radius 1 is 1.19 bits per heavy atom. The molecule has 1 saturated carbocycles. The predicted octanol–water partition coefficient (Wildman–Crippen LogP) is 2.59. The molecule has 1 heterocycles. The van der Waals surface area contributed by atoms with Gasteiger partial charge in [-0.15, -0.1) is 0 Å². The average Bonchev–Trinajstić information content (AvgIpc) is 2.65. The molecule has 0 aromatic heterocycles. The van der Waals surface area contributed by atoms with E-state index in [1.54, 1.807) is 0 Å². The Morgan fingerprint density at radius 2 is 1.75 bits per heavy atom. The zero-order valence-corrected chi connectivity index (χ0v) is 11.5. The van der Waals surface area contributed by atoms with Crippen LogP contribution < -0.4 is 0 Å². The summed E-state index contributed by atoms with van der Waals surface area (Å²) in [5.41, 5.74) is 0.500. The molecule has 2 unspecified atom stereocenters. The third-order valence-corrected chi connectivity index (χ3v) is 4.72. The van der Waals surface area contributed by atoms with Gasteiger partial charge in [0.2, 0.25) is 0 Å². The largest absolute Gasteiger partial charge is 0.373 e. The first-order chi connectivity index (χ1) is 7.63. The van der Waals surface area contributed by atoms with Crippen molar-refractivity contribution in [1.82, 2.24) is 4.90 Å². The molecule has 1 aliphatic carbocycles. The average molecular weight is 243 g/mol. The molecule has 0 amide bonds. The lowest BCUT2D eigenvalue weighted by Crippen LogP contribution is -2.49. The van der Waals surface area contributed by atoms with Crippen LogP contribution in [0.4, 0.5) is 0 Å². The fourth-order valence-electron chi connectivity index (χ4n) is 3.38. The molecule has 0 spiro atoms. The summed E-state index contributed by atoms with van der Waals surface area (Å²) in [7, 11) is 0. The molecule has 2 fully saturated rings. The zero-order chi connectivity index (χ0) is 11.6. The van der Waals surface area contributed by atoms with Crippen molar-refractivity contribution in [3.05, 3.63) is 0 Å². The van der Waals surface area contributed by atoms with Crippen LogP contribution in [0, 0.1) is 5.41 Å². The van der Waals surface area contributed by atoms with Crippen LogP contribution in [0.25, 0.3) is 0 Å². The van der Waals surface area contributed by atoms with Crippen molar-refractivity contribution < 1.29 is 4.74 Å². The molecule has 0 aromatic rings. The van der Waals surface area contributed by atoms with Crippen LogP contribution in [0.1, 0.15) is 39.5 Å². The van der Waals surface area contributed by atoms with Crippen LogP contribution in [0.15, 0.2) is 0 Å². The van der Waals surface area contributed by atoms with Crippen LogP contribution in [0.3, 0.4) is 0 Å². The van der Waals surface area contributed by atoms with Crippen LogP contribution in [0.5, 0.6) is 0 Å². The molecular weight excluding hydrogens is 218 g/mol. The third-order valence-electron chi connectivity index (χ3n) is 4.05. The lowest BCUT2D eigenvalue weighted by atomic mass is 9.87. The Balaban J connectivity index is 1.92. The van der Waals surface area contributed by atoms with Gasteiger partial charge >= 0.3 is 0 Å². The molecule has 0 aromatic carbocycles. The number of nitrogens with zero attached hydrogens (tertiary/aromatic N) is 1. The maximum atomic E-state index is 5.79. The van der Waals surface area contributed by atoms with Gasteiger partial charge in [0.25, 0.3) is 0 Å². The zero-order valence-electron chi connectivity index (χ0n) is 10.6. The standard InChI is InChI=1S/C13H25NOS/c1-11-7-14(8-12(2)15-11)9-13(10-16)5-3-4-6-13/h11-12,16H,3-10H2,1-2H3. The Labute approximate surface area is 105 Å². The van der Waals surface area contributed by atoms with Crippen molar-refractivity contribution in [2.24, 2.45) is 5.41 Å². The first-order valence-electron chi connectivity index (χ1n) is 6.62.